The number of benzene rings is 1. The van der Waals surface area contributed by atoms with Gasteiger partial charge in [-0.05, 0) is 37.5 Å². The molecule has 1 aromatic carbocycles. The summed E-state index contributed by atoms with van der Waals surface area (Å²) in [5, 5.41) is 0. The molecule has 0 atom stereocenters. The number of ether oxygens (including phenoxy) is 1. The number of aryl methyl sites for hydroxylation is 1. The quantitative estimate of drug-likeness (QED) is 0.711. The Labute approximate surface area is 99.6 Å². The van der Waals surface area contributed by atoms with Gasteiger partial charge in [0.1, 0.15) is 11.3 Å². The molecule has 0 aromatic heterocycles. The van der Waals surface area contributed by atoms with Crippen LogP contribution in [-0.2, 0) is 6.18 Å². The van der Waals surface area contributed by atoms with Crippen LogP contribution in [-0.4, -0.2) is 6.61 Å². The number of unbranched alkanes of at least 4 members (excludes halogenated alkanes) is 1. The first-order valence-corrected chi connectivity index (χ1v) is 5.68. The van der Waals surface area contributed by atoms with Crippen molar-refractivity contribution in [2.45, 2.75) is 39.8 Å². The van der Waals surface area contributed by atoms with Crippen LogP contribution in [0.15, 0.2) is 12.1 Å². The van der Waals surface area contributed by atoms with E-state index in [-0.39, 0.29) is 11.3 Å². The average Bonchev–Trinajstić information content (AvgIpc) is 2.22. The fourth-order valence-electron chi connectivity index (χ4n) is 1.59. The minimum Gasteiger partial charge on any atom is -0.493 e. The van der Waals surface area contributed by atoms with E-state index in [1.54, 1.807) is 13.0 Å². The molecule has 0 aliphatic carbocycles. The summed E-state index contributed by atoms with van der Waals surface area (Å²) in [7, 11) is 0. The fourth-order valence-corrected chi connectivity index (χ4v) is 1.59. The maximum atomic E-state index is 12.9. The van der Waals surface area contributed by atoms with Crippen LogP contribution in [0.3, 0.4) is 0 Å². The van der Waals surface area contributed by atoms with Gasteiger partial charge >= 0.3 is 6.18 Å². The molecule has 0 bridgehead atoms. The molecule has 4 heteroatoms. The molecule has 96 valence electrons. The van der Waals surface area contributed by atoms with Crippen LogP contribution in [0.1, 0.15) is 36.5 Å². The van der Waals surface area contributed by atoms with Gasteiger partial charge in [-0.3, -0.25) is 0 Å². The van der Waals surface area contributed by atoms with E-state index in [1.165, 1.54) is 13.0 Å². The van der Waals surface area contributed by atoms with Crippen LogP contribution in [0.25, 0.3) is 0 Å². The van der Waals surface area contributed by atoms with Crippen LogP contribution in [0.5, 0.6) is 5.75 Å². The molecule has 0 saturated heterocycles. The lowest BCUT2D eigenvalue weighted by Gasteiger charge is -2.17. The Morgan fingerprint density at radius 2 is 1.82 bits per heavy atom. The average molecular weight is 246 g/mol. The van der Waals surface area contributed by atoms with Crippen LogP contribution in [0.2, 0.25) is 0 Å². The molecule has 1 aromatic rings. The van der Waals surface area contributed by atoms with E-state index < -0.39 is 11.7 Å². The fraction of sp³-hybridized carbons (Fsp3) is 0.538. The third-order valence-corrected chi connectivity index (χ3v) is 2.74. The first-order valence-electron chi connectivity index (χ1n) is 5.68. The Hall–Kier alpha value is -1.19. The van der Waals surface area contributed by atoms with Crippen LogP contribution >= 0.6 is 0 Å². The normalized spacial score (nSPS) is 11.6. The van der Waals surface area contributed by atoms with E-state index in [9.17, 15) is 13.2 Å². The monoisotopic (exact) mass is 246 g/mol. The van der Waals surface area contributed by atoms with Crippen molar-refractivity contribution in [1.29, 1.82) is 0 Å². The summed E-state index contributed by atoms with van der Waals surface area (Å²) in [6.07, 6.45) is -2.71. The Bertz CT molecular complexity index is 383. The lowest BCUT2D eigenvalue weighted by atomic mass is 10.0. The second-order valence-corrected chi connectivity index (χ2v) is 4.08. The van der Waals surface area contributed by atoms with Crippen molar-refractivity contribution >= 4 is 0 Å². The maximum absolute atomic E-state index is 12.9. The number of hydrogen-bond acceptors (Lipinski definition) is 1. The Morgan fingerprint density at radius 3 is 2.35 bits per heavy atom. The molecule has 1 rings (SSSR count). The Kier molecular flexibility index (Phi) is 4.43. The zero-order valence-electron chi connectivity index (χ0n) is 10.3. The largest absolute Gasteiger partial charge is 0.493 e. The van der Waals surface area contributed by atoms with Crippen molar-refractivity contribution < 1.29 is 17.9 Å². The van der Waals surface area contributed by atoms with E-state index in [0.29, 0.717) is 12.2 Å². The molecule has 1 nitrogen and oxygen atoms in total. The predicted octanol–water partition coefficient (Wildman–Crippen LogP) is 4.50. The maximum Gasteiger partial charge on any atom is 0.420 e. The van der Waals surface area contributed by atoms with Gasteiger partial charge in [-0.25, -0.2) is 0 Å². The molecule has 0 fully saturated rings. The van der Waals surface area contributed by atoms with Crippen LogP contribution in [0.4, 0.5) is 13.2 Å². The van der Waals surface area contributed by atoms with E-state index in [0.717, 1.165) is 12.8 Å². The van der Waals surface area contributed by atoms with E-state index in [2.05, 4.69) is 0 Å². The summed E-state index contributed by atoms with van der Waals surface area (Å²) in [5.74, 6) is -0.0611. The molecular formula is C13H17F3O. The highest BCUT2D eigenvalue weighted by Crippen LogP contribution is 2.39. The SMILES string of the molecule is CCCCOc1ccc(C)c(C)c1C(F)(F)F. The number of rotatable bonds is 4. The summed E-state index contributed by atoms with van der Waals surface area (Å²) in [6, 6.07) is 3.06. The highest BCUT2D eigenvalue weighted by atomic mass is 19.4. The molecule has 0 aliphatic heterocycles. The van der Waals surface area contributed by atoms with Gasteiger partial charge in [0.25, 0.3) is 0 Å². The van der Waals surface area contributed by atoms with E-state index in [4.69, 9.17) is 4.74 Å². The lowest BCUT2D eigenvalue weighted by molar-refractivity contribution is -0.139. The molecule has 0 aliphatic rings. The molecule has 0 saturated carbocycles. The predicted molar refractivity (Wildman–Crippen MR) is 61.3 cm³/mol. The second kappa shape index (κ2) is 5.43. The second-order valence-electron chi connectivity index (χ2n) is 4.08. The first-order chi connectivity index (χ1) is 7.88. The van der Waals surface area contributed by atoms with Gasteiger partial charge in [0.05, 0.1) is 6.61 Å². The van der Waals surface area contributed by atoms with Crippen molar-refractivity contribution in [3.63, 3.8) is 0 Å². The topological polar surface area (TPSA) is 9.23 Å². The molecule has 0 unspecified atom stereocenters. The zero-order valence-corrected chi connectivity index (χ0v) is 10.3. The summed E-state index contributed by atoms with van der Waals surface area (Å²) in [5.41, 5.74) is 0.222. The number of halogens is 3. The van der Waals surface area contributed by atoms with Crippen molar-refractivity contribution in [3.8, 4) is 5.75 Å². The molecular weight excluding hydrogens is 229 g/mol. The first kappa shape index (κ1) is 13.9. The Balaban J connectivity index is 3.08. The van der Waals surface area contributed by atoms with Gasteiger partial charge < -0.3 is 4.74 Å². The Morgan fingerprint density at radius 1 is 1.18 bits per heavy atom. The molecule has 0 heterocycles. The zero-order chi connectivity index (χ0) is 13.1. The van der Waals surface area contributed by atoms with Crippen LogP contribution < -0.4 is 4.74 Å². The number of hydrogen-bond donors (Lipinski definition) is 0. The lowest BCUT2D eigenvalue weighted by Crippen LogP contribution is -2.12. The minimum absolute atomic E-state index is 0.0611. The third kappa shape index (κ3) is 3.38. The summed E-state index contributed by atoms with van der Waals surface area (Å²) in [6.45, 7) is 5.43. The number of alkyl halides is 3. The molecule has 17 heavy (non-hydrogen) atoms. The van der Waals surface area contributed by atoms with E-state index >= 15 is 0 Å². The van der Waals surface area contributed by atoms with Crippen molar-refractivity contribution in [1.82, 2.24) is 0 Å². The smallest absolute Gasteiger partial charge is 0.420 e. The van der Waals surface area contributed by atoms with Gasteiger partial charge in [-0.2, -0.15) is 13.2 Å². The molecule has 0 N–H and O–H groups in total. The standard InChI is InChI=1S/C13H17F3O/c1-4-5-8-17-11-7-6-9(2)10(3)12(11)13(14,15)16/h6-7H,4-5,8H2,1-3H3. The summed E-state index contributed by atoms with van der Waals surface area (Å²) >= 11 is 0. The van der Waals surface area contributed by atoms with Crippen molar-refractivity contribution in [3.05, 3.63) is 28.8 Å². The molecule has 0 radical (unpaired) electrons. The highest BCUT2D eigenvalue weighted by Gasteiger charge is 2.36. The molecule has 0 spiro atoms. The summed E-state index contributed by atoms with van der Waals surface area (Å²) in [4.78, 5) is 0. The summed E-state index contributed by atoms with van der Waals surface area (Å²) < 4.78 is 44.0. The highest BCUT2D eigenvalue weighted by molar-refractivity contribution is 5.45. The van der Waals surface area contributed by atoms with Gasteiger partial charge in [-0.15, -0.1) is 0 Å². The van der Waals surface area contributed by atoms with Crippen molar-refractivity contribution in [2.75, 3.05) is 6.61 Å². The third-order valence-electron chi connectivity index (χ3n) is 2.74. The van der Waals surface area contributed by atoms with Gasteiger partial charge in [-0.1, -0.05) is 19.4 Å². The van der Waals surface area contributed by atoms with Gasteiger partial charge in [0, 0.05) is 0 Å². The van der Waals surface area contributed by atoms with E-state index in [1.807, 2.05) is 6.92 Å². The minimum atomic E-state index is -4.36. The van der Waals surface area contributed by atoms with Crippen LogP contribution in [0, 0.1) is 13.8 Å². The van der Waals surface area contributed by atoms with Gasteiger partial charge in [0.15, 0.2) is 0 Å². The van der Waals surface area contributed by atoms with Gasteiger partial charge in [0.2, 0.25) is 0 Å². The van der Waals surface area contributed by atoms with Crippen molar-refractivity contribution in [2.24, 2.45) is 0 Å². The molecule has 0 amide bonds.